The lowest BCUT2D eigenvalue weighted by molar-refractivity contribution is -0.398. The van der Waals surface area contributed by atoms with Gasteiger partial charge in [0.15, 0.2) is 5.33 Å². The first-order valence-electron chi connectivity index (χ1n) is 8.12. The maximum atomic E-state index is 2.39. The molecule has 5 rings (SSSR count). The van der Waals surface area contributed by atoms with Crippen LogP contribution >= 0.6 is 11.3 Å². The Hall–Kier alpha value is -2.23. The molecule has 4 aromatic rings. The summed E-state index contributed by atoms with van der Waals surface area (Å²) >= 11 is 1.94. The van der Waals surface area contributed by atoms with E-state index in [-0.39, 0.29) is 0 Å². The average Bonchev–Trinajstić information content (AvgIpc) is 3.14. The number of nitrogens with zero attached hydrogens (tertiary/aromatic N) is 1. The molecule has 0 saturated heterocycles. The SMILES string of the molecule is Cc1ccccc1C1=[N+](C)c2ccc3c(sc4ccccc43)c2[Si]1. The van der Waals surface area contributed by atoms with Crippen molar-refractivity contribution >= 4 is 57.2 Å². The highest BCUT2D eigenvalue weighted by Gasteiger charge is 2.32. The first-order chi connectivity index (χ1) is 11.7. The van der Waals surface area contributed by atoms with Crippen molar-refractivity contribution in [2.24, 2.45) is 0 Å². The normalized spacial score (nSPS) is 13.9. The van der Waals surface area contributed by atoms with Crippen molar-refractivity contribution in [3.63, 3.8) is 0 Å². The average molecular weight is 343 g/mol. The zero-order chi connectivity index (χ0) is 16.3. The number of rotatable bonds is 1. The van der Waals surface area contributed by atoms with Crippen LogP contribution in [-0.4, -0.2) is 26.5 Å². The van der Waals surface area contributed by atoms with Gasteiger partial charge in [-0.2, -0.15) is 0 Å². The van der Waals surface area contributed by atoms with E-state index < -0.39 is 0 Å². The van der Waals surface area contributed by atoms with Gasteiger partial charge in [-0.3, -0.25) is 0 Å². The minimum atomic E-state index is 0.717. The van der Waals surface area contributed by atoms with Crippen LogP contribution in [0.3, 0.4) is 0 Å². The molecule has 3 aromatic carbocycles. The highest BCUT2D eigenvalue weighted by atomic mass is 32.1. The molecule has 0 spiro atoms. The van der Waals surface area contributed by atoms with E-state index in [2.05, 4.69) is 79.2 Å². The quantitative estimate of drug-likeness (QED) is 0.356. The van der Waals surface area contributed by atoms with Gasteiger partial charge in [-0.15, -0.1) is 11.3 Å². The van der Waals surface area contributed by atoms with E-state index in [1.165, 1.54) is 47.5 Å². The molecule has 3 heteroatoms. The summed E-state index contributed by atoms with van der Waals surface area (Å²) in [6, 6.07) is 22.1. The Morgan fingerprint density at radius 1 is 0.875 bits per heavy atom. The molecule has 1 aliphatic rings. The van der Waals surface area contributed by atoms with Crippen molar-refractivity contribution in [3.05, 3.63) is 71.8 Å². The summed E-state index contributed by atoms with van der Waals surface area (Å²) in [6.07, 6.45) is 0. The molecule has 0 bridgehead atoms. The van der Waals surface area contributed by atoms with Gasteiger partial charge < -0.3 is 0 Å². The molecule has 114 valence electrons. The lowest BCUT2D eigenvalue weighted by Gasteiger charge is -2.02. The number of thiophene rings is 1. The highest BCUT2D eigenvalue weighted by Crippen LogP contribution is 2.35. The van der Waals surface area contributed by atoms with Gasteiger partial charge in [0.2, 0.25) is 15.2 Å². The molecule has 0 N–H and O–H groups in total. The van der Waals surface area contributed by atoms with Crippen LogP contribution in [0, 0.1) is 6.92 Å². The number of hydrogen-bond acceptors (Lipinski definition) is 1. The largest absolute Gasteiger partial charge is 0.225 e. The van der Waals surface area contributed by atoms with Gasteiger partial charge in [0.1, 0.15) is 7.05 Å². The van der Waals surface area contributed by atoms with Crippen LogP contribution in [0.15, 0.2) is 60.7 Å². The van der Waals surface area contributed by atoms with Crippen molar-refractivity contribution in [1.29, 1.82) is 0 Å². The van der Waals surface area contributed by atoms with Crippen LogP contribution in [-0.2, 0) is 0 Å². The fourth-order valence-corrected chi connectivity index (χ4v) is 6.61. The van der Waals surface area contributed by atoms with Gasteiger partial charge in [0.25, 0.3) is 0 Å². The zero-order valence-corrected chi connectivity index (χ0v) is 15.4. The summed E-state index contributed by atoms with van der Waals surface area (Å²) in [5, 5.41) is 5.74. The topological polar surface area (TPSA) is 3.01 Å². The lowest BCUT2D eigenvalue weighted by Crippen LogP contribution is -2.21. The first-order valence-corrected chi connectivity index (χ1v) is 9.93. The number of aryl methyl sites for hydroxylation is 1. The monoisotopic (exact) mass is 342 g/mol. The van der Waals surface area contributed by atoms with Crippen LogP contribution < -0.4 is 5.19 Å². The Morgan fingerprint density at radius 2 is 1.67 bits per heavy atom. The predicted octanol–water partition coefficient (Wildman–Crippen LogP) is 4.43. The summed E-state index contributed by atoms with van der Waals surface area (Å²) in [4.78, 5) is 0. The maximum absolute atomic E-state index is 2.39. The van der Waals surface area contributed by atoms with Crippen LogP contribution in [0.25, 0.3) is 20.2 Å². The standard InChI is InChI=1S/C21H16NSSi/c1-13-7-3-4-8-14(13)21-22(2)17-12-11-16-15-9-5-6-10-18(15)23-19(16)20(17)24-21/h3-12H,1-2H3/q+1. The number of hydrogen-bond donors (Lipinski definition) is 0. The molecule has 1 aromatic heterocycles. The van der Waals surface area contributed by atoms with E-state index in [9.17, 15) is 0 Å². The Bertz CT molecular complexity index is 1150. The predicted molar refractivity (Wildman–Crippen MR) is 106 cm³/mol. The molecule has 0 fully saturated rings. The van der Waals surface area contributed by atoms with E-state index in [0.29, 0.717) is 9.52 Å². The molecule has 0 saturated carbocycles. The molecule has 1 aliphatic heterocycles. The molecule has 1 nitrogen and oxygen atoms in total. The smallest absolute Gasteiger partial charge is 0.204 e. The highest BCUT2D eigenvalue weighted by molar-refractivity contribution is 7.27. The Kier molecular flexibility index (Phi) is 3.02. The van der Waals surface area contributed by atoms with Crippen LogP contribution in [0.1, 0.15) is 11.1 Å². The molecule has 0 amide bonds. The van der Waals surface area contributed by atoms with Crippen LogP contribution in [0.4, 0.5) is 5.69 Å². The van der Waals surface area contributed by atoms with Gasteiger partial charge in [0, 0.05) is 37.0 Å². The molecular weight excluding hydrogens is 326 g/mol. The molecule has 2 radical (unpaired) electrons. The maximum Gasteiger partial charge on any atom is 0.225 e. The molecule has 0 atom stereocenters. The first kappa shape index (κ1) is 14.1. The molecule has 24 heavy (non-hydrogen) atoms. The van der Waals surface area contributed by atoms with Gasteiger partial charge in [0.05, 0.1) is 0 Å². The molecule has 0 aliphatic carbocycles. The third-order valence-electron chi connectivity index (χ3n) is 4.87. The third kappa shape index (κ3) is 1.89. The minimum absolute atomic E-state index is 0.717. The Balaban J connectivity index is 1.76. The fourth-order valence-electron chi connectivity index (χ4n) is 3.59. The van der Waals surface area contributed by atoms with Crippen molar-refractivity contribution < 1.29 is 4.58 Å². The summed E-state index contributed by atoms with van der Waals surface area (Å²) < 4.78 is 5.24. The van der Waals surface area contributed by atoms with Gasteiger partial charge in [-0.1, -0.05) is 36.4 Å². The van der Waals surface area contributed by atoms with E-state index in [4.69, 9.17) is 0 Å². The second-order valence-corrected chi connectivity index (χ2v) is 8.56. The summed E-state index contributed by atoms with van der Waals surface area (Å²) in [5.74, 6) is 0. The molecule has 2 heterocycles. The zero-order valence-electron chi connectivity index (χ0n) is 13.6. The number of fused-ring (bicyclic) bond motifs is 5. The lowest BCUT2D eigenvalue weighted by atomic mass is 10.1. The minimum Gasteiger partial charge on any atom is -0.204 e. The van der Waals surface area contributed by atoms with E-state index >= 15 is 0 Å². The van der Waals surface area contributed by atoms with Crippen molar-refractivity contribution in [2.75, 3.05) is 7.05 Å². The van der Waals surface area contributed by atoms with Crippen LogP contribution in [0.2, 0.25) is 0 Å². The Labute approximate surface area is 147 Å². The molecular formula is C21H16NSSi+. The van der Waals surface area contributed by atoms with E-state index in [1.807, 2.05) is 11.3 Å². The van der Waals surface area contributed by atoms with Gasteiger partial charge in [-0.25, -0.2) is 4.58 Å². The summed E-state index contributed by atoms with van der Waals surface area (Å²) in [5.41, 5.74) is 4.10. The van der Waals surface area contributed by atoms with Gasteiger partial charge >= 0.3 is 0 Å². The number of benzene rings is 3. The van der Waals surface area contributed by atoms with Gasteiger partial charge in [-0.05, 0) is 30.7 Å². The van der Waals surface area contributed by atoms with E-state index in [0.717, 1.165) is 0 Å². The fraction of sp³-hybridized carbons (Fsp3) is 0.0952. The van der Waals surface area contributed by atoms with Crippen LogP contribution in [0.5, 0.6) is 0 Å². The summed E-state index contributed by atoms with van der Waals surface area (Å²) in [6.45, 7) is 2.21. The molecule has 0 unspecified atom stereocenters. The third-order valence-corrected chi connectivity index (χ3v) is 7.85. The second-order valence-electron chi connectivity index (χ2n) is 6.28. The van der Waals surface area contributed by atoms with Crippen molar-refractivity contribution in [2.45, 2.75) is 6.92 Å². The summed E-state index contributed by atoms with van der Waals surface area (Å²) in [7, 11) is 2.92. The van der Waals surface area contributed by atoms with Crippen molar-refractivity contribution in [1.82, 2.24) is 0 Å². The second kappa shape index (κ2) is 5.13. The van der Waals surface area contributed by atoms with E-state index in [1.54, 1.807) is 0 Å². The Morgan fingerprint density at radius 3 is 2.54 bits per heavy atom. The van der Waals surface area contributed by atoms with Crippen molar-refractivity contribution in [3.8, 4) is 0 Å².